The Morgan fingerprint density at radius 2 is 1.83 bits per heavy atom. The highest BCUT2D eigenvalue weighted by Crippen LogP contribution is 2.35. The van der Waals surface area contributed by atoms with E-state index in [1.165, 1.54) is 37.5 Å². The highest BCUT2D eigenvalue weighted by molar-refractivity contribution is 14.1. The number of nitrogens with one attached hydrogen (secondary N) is 2. The zero-order valence-corrected chi connectivity index (χ0v) is 22.0. The second-order valence-electron chi connectivity index (χ2n) is 7.79. The molecule has 0 aromatic heterocycles. The van der Waals surface area contributed by atoms with E-state index in [9.17, 15) is 20.0 Å². The van der Waals surface area contributed by atoms with Crippen molar-refractivity contribution in [1.29, 1.82) is 5.26 Å². The Bertz CT molecular complexity index is 1360. The van der Waals surface area contributed by atoms with Gasteiger partial charge in [0.2, 0.25) is 0 Å². The van der Waals surface area contributed by atoms with Gasteiger partial charge in [0.25, 0.3) is 11.8 Å². The van der Waals surface area contributed by atoms with Gasteiger partial charge in [0, 0.05) is 11.4 Å². The number of benzene rings is 3. The van der Waals surface area contributed by atoms with Crippen LogP contribution in [0.1, 0.15) is 16.7 Å². The first-order chi connectivity index (χ1) is 17.2. The van der Waals surface area contributed by atoms with Crippen LogP contribution in [0.4, 0.5) is 11.4 Å². The maximum Gasteiger partial charge on any atom is 0.266 e. The molecule has 0 spiro atoms. The smallest absolute Gasteiger partial charge is 0.266 e. The summed E-state index contributed by atoms with van der Waals surface area (Å²) in [6, 6.07) is 16.8. The van der Waals surface area contributed by atoms with Crippen molar-refractivity contribution in [2.24, 2.45) is 0 Å². The maximum absolute atomic E-state index is 12.5. The number of ether oxygens (including phenoxy) is 2. The summed E-state index contributed by atoms with van der Waals surface area (Å²) in [6.45, 7) is 3.68. The summed E-state index contributed by atoms with van der Waals surface area (Å²) in [7, 11) is 1.46. The van der Waals surface area contributed by atoms with E-state index in [1.807, 2.05) is 60.7 Å². The minimum Gasteiger partial charge on any atom is -0.508 e. The van der Waals surface area contributed by atoms with Gasteiger partial charge >= 0.3 is 0 Å². The van der Waals surface area contributed by atoms with Crippen LogP contribution in [0.15, 0.2) is 60.2 Å². The normalized spacial score (nSPS) is 10.8. The molecule has 3 N–H and O–H groups in total. The number of rotatable bonds is 8. The van der Waals surface area contributed by atoms with Crippen molar-refractivity contribution in [1.82, 2.24) is 0 Å². The lowest BCUT2D eigenvalue weighted by molar-refractivity contribution is -0.118. The van der Waals surface area contributed by atoms with E-state index in [2.05, 4.69) is 10.6 Å². The Morgan fingerprint density at radius 1 is 1.11 bits per heavy atom. The van der Waals surface area contributed by atoms with Gasteiger partial charge in [0.1, 0.15) is 17.4 Å². The number of methoxy groups -OCH3 is 1. The standard InChI is InChI=1S/C27H24IN3O5/c1-16-5-4-6-23(17(16)2)31-25(33)15-36-26-22(28)12-18(13-24(26)35-3)11-19(14-29)27(34)30-20-7-9-21(32)10-8-20/h4-13,32H,15H2,1-3H3,(H,30,34)(H,31,33)/b19-11+. The summed E-state index contributed by atoms with van der Waals surface area (Å²) in [5.74, 6) is -0.123. The lowest BCUT2D eigenvalue weighted by Crippen LogP contribution is -2.21. The summed E-state index contributed by atoms with van der Waals surface area (Å²) in [4.78, 5) is 25.0. The predicted octanol–water partition coefficient (Wildman–Crippen LogP) is 5.19. The molecule has 0 unspecified atom stereocenters. The van der Waals surface area contributed by atoms with Crippen molar-refractivity contribution in [3.05, 3.63) is 80.4 Å². The largest absolute Gasteiger partial charge is 0.508 e. The number of amides is 2. The second kappa shape index (κ2) is 12.1. The van der Waals surface area contributed by atoms with Gasteiger partial charge in [-0.3, -0.25) is 9.59 Å². The number of carbonyl (C=O) groups excluding carboxylic acids is 2. The van der Waals surface area contributed by atoms with Crippen molar-refractivity contribution >= 4 is 51.9 Å². The molecule has 2 amide bonds. The van der Waals surface area contributed by atoms with Crippen molar-refractivity contribution in [3.8, 4) is 23.3 Å². The number of carbonyl (C=O) groups is 2. The number of nitrogens with zero attached hydrogens (tertiary/aromatic N) is 1. The van der Waals surface area contributed by atoms with E-state index in [0.29, 0.717) is 26.3 Å². The summed E-state index contributed by atoms with van der Waals surface area (Å²) < 4.78 is 11.8. The van der Waals surface area contributed by atoms with Gasteiger partial charge in [0.15, 0.2) is 18.1 Å². The number of aromatic hydroxyl groups is 1. The van der Waals surface area contributed by atoms with Crippen LogP contribution >= 0.6 is 22.6 Å². The third kappa shape index (κ3) is 6.76. The highest BCUT2D eigenvalue weighted by atomic mass is 127. The lowest BCUT2D eigenvalue weighted by Gasteiger charge is -2.15. The van der Waals surface area contributed by atoms with Gasteiger partial charge in [0.05, 0.1) is 10.7 Å². The molecule has 0 fully saturated rings. The molecule has 8 nitrogen and oxygen atoms in total. The van der Waals surface area contributed by atoms with Gasteiger partial charge in [-0.1, -0.05) is 12.1 Å². The zero-order valence-electron chi connectivity index (χ0n) is 19.9. The highest BCUT2D eigenvalue weighted by Gasteiger charge is 2.16. The van der Waals surface area contributed by atoms with Crippen molar-refractivity contribution in [2.45, 2.75) is 13.8 Å². The van der Waals surface area contributed by atoms with Crippen molar-refractivity contribution in [2.75, 3.05) is 24.4 Å². The van der Waals surface area contributed by atoms with Crippen LogP contribution in [-0.4, -0.2) is 30.6 Å². The van der Waals surface area contributed by atoms with Gasteiger partial charge in [-0.25, -0.2) is 0 Å². The van der Waals surface area contributed by atoms with Crippen LogP contribution in [0.3, 0.4) is 0 Å². The van der Waals surface area contributed by atoms with Gasteiger partial charge in [-0.05, 0) is 102 Å². The molecule has 0 saturated heterocycles. The fraction of sp³-hybridized carbons (Fsp3) is 0.148. The fourth-order valence-corrected chi connectivity index (χ4v) is 4.01. The number of aryl methyl sites for hydroxylation is 1. The summed E-state index contributed by atoms with van der Waals surface area (Å²) in [5.41, 5.74) is 3.64. The van der Waals surface area contributed by atoms with Crippen LogP contribution in [0.25, 0.3) is 6.08 Å². The van der Waals surface area contributed by atoms with Gasteiger partial charge < -0.3 is 25.2 Å². The molecule has 0 bridgehead atoms. The Balaban J connectivity index is 1.74. The van der Waals surface area contributed by atoms with Crippen LogP contribution in [0.2, 0.25) is 0 Å². The number of hydrogen-bond donors (Lipinski definition) is 3. The van der Waals surface area contributed by atoms with Crippen molar-refractivity contribution in [3.63, 3.8) is 0 Å². The molecule has 184 valence electrons. The first-order valence-corrected chi connectivity index (χ1v) is 11.9. The molecule has 0 aliphatic carbocycles. The number of hydrogen-bond acceptors (Lipinski definition) is 6. The lowest BCUT2D eigenvalue weighted by atomic mass is 10.1. The van der Waals surface area contributed by atoms with Crippen LogP contribution in [-0.2, 0) is 9.59 Å². The number of phenols is 1. The summed E-state index contributed by atoms with van der Waals surface area (Å²) in [5, 5.41) is 24.3. The second-order valence-corrected chi connectivity index (χ2v) is 8.95. The minimum atomic E-state index is -0.597. The monoisotopic (exact) mass is 597 g/mol. The van der Waals surface area contributed by atoms with E-state index >= 15 is 0 Å². The molecular weight excluding hydrogens is 573 g/mol. The average molecular weight is 597 g/mol. The van der Waals surface area contributed by atoms with E-state index < -0.39 is 5.91 Å². The third-order valence-corrected chi connectivity index (χ3v) is 6.08. The first-order valence-electron chi connectivity index (χ1n) is 10.8. The number of halogens is 1. The Kier molecular flexibility index (Phi) is 8.91. The molecule has 3 aromatic carbocycles. The third-order valence-electron chi connectivity index (χ3n) is 5.28. The Morgan fingerprint density at radius 3 is 2.50 bits per heavy atom. The fourth-order valence-electron chi connectivity index (χ4n) is 3.23. The molecule has 0 saturated carbocycles. The van der Waals surface area contributed by atoms with Crippen LogP contribution in [0, 0.1) is 28.7 Å². The van der Waals surface area contributed by atoms with Gasteiger partial charge in [-0.2, -0.15) is 5.26 Å². The molecule has 36 heavy (non-hydrogen) atoms. The molecule has 3 rings (SSSR count). The molecule has 0 radical (unpaired) electrons. The molecule has 9 heteroatoms. The van der Waals surface area contributed by atoms with Crippen LogP contribution in [0.5, 0.6) is 17.2 Å². The minimum absolute atomic E-state index is 0.0655. The number of phenolic OH excluding ortho intramolecular Hbond substituents is 1. The zero-order chi connectivity index (χ0) is 26.2. The molecule has 0 atom stereocenters. The number of nitriles is 1. The molecule has 0 aliphatic rings. The van der Waals surface area contributed by atoms with E-state index in [-0.39, 0.29) is 23.8 Å². The molecule has 0 heterocycles. The Labute approximate surface area is 222 Å². The van der Waals surface area contributed by atoms with Gasteiger partial charge in [-0.15, -0.1) is 0 Å². The SMILES string of the molecule is COc1cc(/C=C(\C#N)C(=O)Nc2ccc(O)cc2)cc(I)c1OCC(=O)Nc1cccc(C)c1C. The quantitative estimate of drug-likeness (QED) is 0.142. The first kappa shape index (κ1) is 26.6. The van der Waals surface area contributed by atoms with E-state index in [4.69, 9.17) is 9.47 Å². The summed E-state index contributed by atoms with van der Waals surface area (Å²) >= 11 is 2.04. The molecular formula is C27H24IN3O5. The topological polar surface area (TPSA) is 121 Å². The van der Waals surface area contributed by atoms with E-state index in [1.54, 1.807) is 12.1 Å². The summed E-state index contributed by atoms with van der Waals surface area (Å²) in [6.07, 6.45) is 1.43. The molecule has 0 aliphatic heterocycles. The number of anilines is 2. The van der Waals surface area contributed by atoms with Crippen LogP contribution < -0.4 is 20.1 Å². The van der Waals surface area contributed by atoms with Crippen molar-refractivity contribution < 1.29 is 24.2 Å². The van der Waals surface area contributed by atoms with E-state index in [0.717, 1.165) is 16.8 Å². The predicted molar refractivity (Wildman–Crippen MR) is 146 cm³/mol. The Hall–Kier alpha value is -4.04. The molecule has 3 aromatic rings. The maximum atomic E-state index is 12.5. The average Bonchev–Trinajstić information content (AvgIpc) is 2.85.